The summed E-state index contributed by atoms with van der Waals surface area (Å²) >= 11 is 3.50. The van der Waals surface area contributed by atoms with Gasteiger partial charge in [-0.15, -0.1) is 11.3 Å². The van der Waals surface area contributed by atoms with Gasteiger partial charge in [-0.2, -0.15) is 0 Å². The topological polar surface area (TPSA) is 39.2 Å². The Hall–Kier alpha value is -1.07. The lowest BCUT2D eigenvalue weighted by atomic mass is 10.1. The number of thioether (sulfide) groups is 1. The molecule has 1 unspecified atom stereocenters. The average Bonchev–Trinajstić information content (AvgIpc) is 2.85. The van der Waals surface area contributed by atoms with Gasteiger partial charge in [0.1, 0.15) is 0 Å². The van der Waals surface area contributed by atoms with Crippen LogP contribution in [-0.4, -0.2) is 23.8 Å². The molecule has 2 aromatic rings. The quantitative estimate of drug-likeness (QED) is 0.597. The zero-order valence-corrected chi connectivity index (χ0v) is 12.7. The van der Waals surface area contributed by atoms with Crippen molar-refractivity contribution in [2.45, 2.75) is 24.1 Å². The number of carbonyl (C=O) groups excluding carboxylic acids is 1. The highest BCUT2D eigenvalue weighted by atomic mass is 32.2. The summed E-state index contributed by atoms with van der Waals surface area (Å²) in [4.78, 5) is 15.7. The average molecular weight is 295 g/mol. The number of aromatic nitrogens is 1. The molecular formula is C14H17NO2S2. The van der Waals surface area contributed by atoms with Crippen molar-refractivity contribution in [2.24, 2.45) is 5.92 Å². The van der Waals surface area contributed by atoms with Gasteiger partial charge < -0.3 is 4.74 Å². The standard InChI is InChI=1S/C14H17NO2S2/c1-10(7-8-13(16)17-2)9-18-14-15-11-5-3-4-6-12(11)19-14/h3-6,10H,7-9H2,1-2H3. The predicted octanol–water partition coefficient (Wildman–Crippen LogP) is 3.98. The molecule has 1 heterocycles. The molecule has 0 spiro atoms. The van der Waals surface area contributed by atoms with E-state index >= 15 is 0 Å². The number of hydrogen-bond donors (Lipinski definition) is 0. The van der Waals surface area contributed by atoms with Crippen LogP contribution in [-0.2, 0) is 9.53 Å². The third kappa shape index (κ3) is 4.21. The van der Waals surface area contributed by atoms with Crippen molar-refractivity contribution in [1.29, 1.82) is 0 Å². The van der Waals surface area contributed by atoms with Gasteiger partial charge in [0.25, 0.3) is 0 Å². The Morgan fingerprint density at radius 2 is 2.26 bits per heavy atom. The normalized spacial score (nSPS) is 12.5. The summed E-state index contributed by atoms with van der Waals surface area (Å²) in [5, 5.41) is 0. The van der Waals surface area contributed by atoms with Crippen molar-refractivity contribution in [1.82, 2.24) is 4.98 Å². The molecule has 1 atom stereocenters. The molecule has 0 saturated carbocycles. The van der Waals surface area contributed by atoms with Gasteiger partial charge in [-0.25, -0.2) is 4.98 Å². The van der Waals surface area contributed by atoms with Crippen LogP contribution in [0.3, 0.4) is 0 Å². The van der Waals surface area contributed by atoms with E-state index in [1.165, 1.54) is 11.8 Å². The molecule has 0 N–H and O–H groups in total. The van der Waals surface area contributed by atoms with Crippen LogP contribution in [0.2, 0.25) is 0 Å². The van der Waals surface area contributed by atoms with Crippen molar-refractivity contribution >= 4 is 39.3 Å². The van der Waals surface area contributed by atoms with Gasteiger partial charge in [-0.1, -0.05) is 30.8 Å². The number of hydrogen-bond acceptors (Lipinski definition) is 5. The maximum atomic E-state index is 11.1. The summed E-state index contributed by atoms with van der Waals surface area (Å²) in [5.74, 6) is 1.34. The molecule has 0 aliphatic heterocycles. The van der Waals surface area contributed by atoms with Crippen LogP contribution < -0.4 is 0 Å². The second-order valence-corrected chi connectivity index (χ2v) is 6.78. The monoisotopic (exact) mass is 295 g/mol. The first-order chi connectivity index (χ1) is 9.19. The first-order valence-electron chi connectivity index (χ1n) is 6.24. The fourth-order valence-corrected chi connectivity index (χ4v) is 3.84. The Bertz CT molecular complexity index is 520. The van der Waals surface area contributed by atoms with Crippen molar-refractivity contribution in [3.63, 3.8) is 0 Å². The molecule has 0 fully saturated rings. The van der Waals surface area contributed by atoms with E-state index in [1.807, 2.05) is 18.2 Å². The third-order valence-electron chi connectivity index (χ3n) is 2.83. The lowest BCUT2D eigenvalue weighted by Gasteiger charge is -2.08. The lowest BCUT2D eigenvalue weighted by Crippen LogP contribution is -2.05. The number of carbonyl (C=O) groups is 1. The van der Waals surface area contributed by atoms with Crippen LogP contribution in [0.1, 0.15) is 19.8 Å². The zero-order chi connectivity index (χ0) is 13.7. The largest absolute Gasteiger partial charge is 0.469 e. The van der Waals surface area contributed by atoms with Gasteiger partial charge in [0.2, 0.25) is 0 Å². The highest BCUT2D eigenvalue weighted by Crippen LogP contribution is 2.30. The molecule has 5 heteroatoms. The van der Waals surface area contributed by atoms with Crippen LogP contribution >= 0.6 is 23.1 Å². The van der Waals surface area contributed by atoms with Gasteiger partial charge in [0.15, 0.2) is 4.34 Å². The second kappa shape index (κ2) is 6.91. The van der Waals surface area contributed by atoms with Crippen LogP contribution in [0.5, 0.6) is 0 Å². The SMILES string of the molecule is COC(=O)CCC(C)CSc1nc2ccccc2s1. The number of para-hydroxylation sites is 1. The van der Waals surface area contributed by atoms with Gasteiger partial charge in [0.05, 0.1) is 17.3 Å². The number of thiazole rings is 1. The number of benzene rings is 1. The number of rotatable bonds is 6. The molecule has 3 nitrogen and oxygen atoms in total. The minimum absolute atomic E-state index is 0.128. The van der Waals surface area contributed by atoms with Crippen LogP contribution in [0.15, 0.2) is 28.6 Å². The van der Waals surface area contributed by atoms with E-state index in [0.29, 0.717) is 12.3 Å². The molecule has 0 aliphatic carbocycles. The minimum atomic E-state index is -0.128. The Kier molecular flexibility index (Phi) is 5.22. The predicted molar refractivity (Wildman–Crippen MR) is 80.8 cm³/mol. The fourth-order valence-electron chi connectivity index (χ4n) is 1.68. The Morgan fingerprint density at radius 1 is 1.47 bits per heavy atom. The van der Waals surface area contributed by atoms with Gasteiger partial charge in [-0.05, 0) is 24.5 Å². The minimum Gasteiger partial charge on any atom is -0.469 e. The van der Waals surface area contributed by atoms with Gasteiger partial charge >= 0.3 is 5.97 Å². The molecule has 0 radical (unpaired) electrons. The van der Waals surface area contributed by atoms with E-state index in [9.17, 15) is 4.79 Å². The van der Waals surface area contributed by atoms with Crippen LogP contribution in [0.25, 0.3) is 10.2 Å². The fraction of sp³-hybridized carbons (Fsp3) is 0.429. The number of ether oxygens (including phenoxy) is 1. The van der Waals surface area contributed by atoms with E-state index < -0.39 is 0 Å². The van der Waals surface area contributed by atoms with Crippen molar-refractivity contribution in [3.05, 3.63) is 24.3 Å². The van der Waals surface area contributed by atoms with Gasteiger partial charge in [0, 0.05) is 12.2 Å². The molecule has 0 saturated heterocycles. The highest BCUT2D eigenvalue weighted by Gasteiger charge is 2.09. The molecule has 1 aromatic heterocycles. The molecule has 0 bridgehead atoms. The van der Waals surface area contributed by atoms with Crippen molar-refractivity contribution < 1.29 is 9.53 Å². The van der Waals surface area contributed by atoms with E-state index in [0.717, 1.165) is 22.0 Å². The highest BCUT2D eigenvalue weighted by molar-refractivity contribution is 8.01. The lowest BCUT2D eigenvalue weighted by molar-refractivity contribution is -0.140. The summed E-state index contributed by atoms with van der Waals surface area (Å²) in [7, 11) is 1.43. The molecular weight excluding hydrogens is 278 g/mol. The maximum Gasteiger partial charge on any atom is 0.305 e. The Balaban J connectivity index is 1.83. The zero-order valence-electron chi connectivity index (χ0n) is 11.1. The van der Waals surface area contributed by atoms with E-state index in [2.05, 4.69) is 22.7 Å². The number of esters is 1. The molecule has 102 valence electrons. The van der Waals surface area contributed by atoms with Crippen LogP contribution in [0.4, 0.5) is 0 Å². The maximum absolute atomic E-state index is 11.1. The van der Waals surface area contributed by atoms with E-state index in [-0.39, 0.29) is 5.97 Å². The number of methoxy groups -OCH3 is 1. The van der Waals surface area contributed by atoms with E-state index in [4.69, 9.17) is 0 Å². The van der Waals surface area contributed by atoms with E-state index in [1.54, 1.807) is 23.1 Å². The summed E-state index contributed by atoms with van der Waals surface area (Å²) in [6.07, 6.45) is 1.36. The summed E-state index contributed by atoms with van der Waals surface area (Å²) in [6, 6.07) is 8.18. The second-order valence-electron chi connectivity index (χ2n) is 4.48. The van der Waals surface area contributed by atoms with Crippen LogP contribution in [0, 0.1) is 5.92 Å². The first-order valence-corrected chi connectivity index (χ1v) is 8.04. The number of nitrogens with zero attached hydrogens (tertiary/aromatic N) is 1. The molecule has 2 rings (SSSR count). The first kappa shape index (κ1) is 14.3. The molecule has 0 aliphatic rings. The number of fused-ring (bicyclic) bond motifs is 1. The molecule has 0 amide bonds. The Morgan fingerprint density at radius 3 is 3.00 bits per heavy atom. The summed E-state index contributed by atoms with van der Waals surface area (Å²) in [6.45, 7) is 2.16. The Labute approximate surface area is 121 Å². The molecule has 19 heavy (non-hydrogen) atoms. The van der Waals surface area contributed by atoms with Crippen molar-refractivity contribution in [3.8, 4) is 0 Å². The smallest absolute Gasteiger partial charge is 0.305 e. The molecule has 1 aromatic carbocycles. The van der Waals surface area contributed by atoms with Crippen molar-refractivity contribution in [2.75, 3.05) is 12.9 Å². The summed E-state index contributed by atoms with van der Waals surface area (Å²) < 4.78 is 6.98. The third-order valence-corrected chi connectivity index (χ3v) is 5.34. The van der Waals surface area contributed by atoms with Gasteiger partial charge in [-0.3, -0.25) is 4.79 Å². The summed E-state index contributed by atoms with van der Waals surface area (Å²) in [5.41, 5.74) is 1.07.